The number of hydrogen-bond donors (Lipinski definition) is 2. The van der Waals surface area contributed by atoms with Crippen LogP contribution >= 0.6 is 0 Å². The Kier molecular flexibility index (Phi) is 3.33. The third-order valence-electron chi connectivity index (χ3n) is 3.37. The smallest absolute Gasteiger partial charge is 0.320 e. The molecule has 6 heteroatoms. The van der Waals surface area contributed by atoms with Crippen molar-refractivity contribution >= 4 is 11.8 Å². The number of carbonyl (C=O) groups is 1. The number of fused-ring (bicyclic) bond motifs is 2. The molecular formula is C15H20N4O2. The fourth-order valence-corrected chi connectivity index (χ4v) is 2.55. The zero-order chi connectivity index (χ0) is 15.0. The van der Waals surface area contributed by atoms with Crippen molar-refractivity contribution in [3.63, 3.8) is 0 Å². The van der Waals surface area contributed by atoms with E-state index in [0.717, 1.165) is 16.3 Å². The summed E-state index contributed by atoms with van der Waals surface area (Å²) in [6, 6.07) is 8.01. The average molecular weight is 288 g/mol. The fourth-order valence-electron chi connectivity index (χ4n) is 2.55. The molecule has 2 aliphatic heterocycles. The molecule has 1 unspecified atom stereocenters. The zero-order valence-corrected chi connectivity index (χ0v) is 12.5. The van der Waals surface area contributed by atoms with E-state index in [9.17, 15) is 4.79 Å². The first-order valence-electron chi connectivity index (χ1n) is 7.09. The molecule has 0 spiro atoms. The molecule has 6 nitrogen and oxygen atoms in total. The number of nitrogens with one attached hydrogen (secondary N) is 2. The first-order chi connectivity index (χ1) is 9.94. The molecule has 0 aliphatic carbocycles. The Balaban J connectivity index is 1.89. The summed E-state index contributed by atoms with van der Waals surface area (Å²) in [4.78, 5) is 22.0. The summed E-state index contributed by atoms with van der Waals surface area (Å²) in [6.45, 7) is 6.89. The van der Waals surface area contributed by atoms with Crippen LogP contribution in [0.5, 0.6) is 0 Å². The number of rotatable bonds is 1. The van der Waals surface area contributed by atoms with Crippen LogP contribution in [-0.4, -0.2) is 36.0 Å². The van der Waals surface area contributed by atoms with E-state index in [1.165, 1.54) is 0 Å². The average Bonchev–Trinajstić information content (AvgIpc) is 2.80. The summed E-state index contributed by atoms with van der Waals surface area (Å²) in [7, 11) is 0. The summed E-state index contributed by atoms with van der Waals surface area (Å²) in [5, 5.41) is 9.69. The van der Waals surface area contributed by atoms with Crippen LogP contribution in [0.2, 0.25) is 0 Å². The lowest BCUT2D eigenvalue weighted by atomic mass is 10.1. The van der Waals surface area contributed by atoms with Crippen LogP contribution in [0.25, 0.3) is 5.70 Å². The van der Waals surface area contributed by atoms with Crippen LogP contribution in [0.1, 0.15) is 20.8 Å². The van der Waals surface area contributed by atoms with Crippen molar-refractivity contribution < 1.29 is 9.63 Å². The third kappa shape index (κ3) is 2.85. The lowest BCUT2D eigenvalue weighted by molar-refractivity contribution is -0.0430. The summed E-state index contributed by atoms with van der Waals surface area (Å²) >= 11 is 0. The number of carbonyl (C=O) groups excluding carboxylic acids is 1. The fraction of sp³-hybridized carbons (Fsp3) is 0.467. The van der Waals surface area contributed by atoms with E-state index < -0.39 is 6.09 Å². The van der Waals surface area contributed by atoms with Crippen molar-refractivity contribution in [2.75, 3.05) is 13.2 Å². The first kappa shape index (κ1) is 13.9. The van der Waals surface area contributed by atoms with Gasteiger partial charge in [-0.2, -0.15) is 5.06 Å². The van der Waals surface area contributed by atoms with E-state index in [0.29, 0.717) is 13.2 Å². The van der Waals surface area contributed by atoms with Crippen LogP contribution in [0.15, 0.2) is 29.3 Å². The molecule has 112 valence electrons. The van der Waals surface area contributed by atoms with Gasteiger partial charge in [0.2, 0.25) is 0 Å². The number of nitrogens with zero attached hydrogens (tertiary/aromatic N) is 2. The Morgan fingerprint density at radius 3 is 2.95 bits per heavy atom. The predicted octanol–water partition coefficient (Wildman–Crippen LogP) is 0.0990. The normalized spacial score (nSPS) is 20.4. The van der Waals surface area contributed by atoms with E-state index in [-0.39, 0.29) is 11.6 Å². The lowest BCUT2D eigenvalue weighted by Gasteiger charge is -2.25. The highest BCUT2D eigenvalue weighted by molar-refractivity contribution is 5.69. The number of para-hydroxylation sites is 1. The molecule has 0 saturated carbocycles. The number of benzene rings is 1. The van der Waals surface area contributed by atoms with Gasteiger partial charge in [0.1, 0.15) is 6.67 Å². The maximum absolute atomic E-state index is 12.0. The van der Waals surface area contributed by atoms with E-state index in [1.807, 2.05) is 45.0 Å². The van der Waals surface area contributed by atoms with Crippen LogP contribution in [0, 0.1) is 0 Å². The molecule has 0 radical (unpaired) electrons. The van der Waals surface area contributed by atoms with Gasteiger partial charge in [0.15, 0.2) is 0 Å². The highest BCUT2D eigenvalue weighted by Gasteiger charge is 2.33. The second kappa shape index (κ2) is 5.04. The van der Waals surface area contributed by atoms with Crippen molar-refractivity contribution in [2.24, 2.45) is 4.99 Å². The highest BCUT2D eigenvalue weighted by atomic mass is 16.7. The largest absolute Gasteiger partial charge is 0.432 e. The zero-order valence-electron chi connectivity index (χ0n) is 12.5. The molecular weight excluding hydrogens is 268 g/mol. The SMILES string of the molecule is CC(C)(C)NC(=O)ON1CNC2CN=c3ccccc3=C21. The van der Waals surface area contributed by atoms with Crippen molar-refractivity contribution in [1.82, 2.24) is 15.7 Å². The van der Waals surface area contributed by atoms with Gasteiger partial charge < -0.3 is 10.2 Å². The molecule has 2 aliphatic rings. The van der Waals surface area contributed by atoms with Gasteiger partial charge in [0.05, 0.1) is 23.6 Å². The van der Waals surface area contributed by atoms with Gasteiger partial charge in [-0.3, -0.25) is 10.3 Å². The lowest BCUT2D eigenvalue weighted by Crippen LogP contribution is -2.45. The monoisotopic (exact) mass is 288 g/mol. The van der Waals surface area contributed by atoms with Crippen molar-refractivity contribution in [3.05, 3.63) is 34.8 Å². The third-order valence-corrected chi connectivity index (χ3v) is 3.37. The van der Waals surface area contributed by atoms with Gasteiger partial charge in [0, 0.05) is 10.8 Å². The predicted molar refractivity (Wildman–Crippen MR) is 78.5 cm³/mol. The van der Waals surface area contributed by atoms with E-state index in [1.54, 1.807) is 5.06 Å². The van der Waals surface area contributed by atoms with Gasteiger partial charge in [-0.25, -0.2) is 4.79 Å². The van der Waals surface area contributed by atoms with Crippen molar-refractivity contribution in [3.8, 4) is 0 Å². The highest BCUT2D eigenvalue weighted by Crippen LogP contribution is 2.18. The molecule has 0 bridgehead atoms. The van der Waals surface area contributed by atoms with E-state index in [2.05, 4.69) is 15.6 Å². The van der Waals surface area contributed by atoms with Crippen molar-refractivity contribution in [1.29, 1.82) is 0 Å². The Hall–Kier alpha value is -2.08. The van der Waals surface area contributed by atoms with E-state index in [4.69, 9.17) is 4.84 Å². The second-order valence-electron chi connectivity index (χ2n) is 6.29. The van der Waals surface area contributed by atoms with Crippen LogP contribution in [0.3, 0.4) is 0 Å². The van der Waals surface area contributed by atoms with Crippen LogP contribution < -0.4 is 21.2 Å². The van der Waals surface area contributed by atoms with Crippen LogP contribution in [0.4, 0.5) is 4.79 Å². The molecule has 1 amide bonds. The molecule has 1 fully saturated rings. The standard InChI is InChI=1S/C15H20N4O2/c1-15(2,3)18-14(20)21-19-9-17-12-8-16-11-7-5-4-6-10(11)13(12)19/h4-7,12,17H,8-9H2,1-3H3,(H,18,20). The summed E-state index contributed by atoms with van der Waals surface area (Å²) in [6.07, 6.45) is -0.447. The molecule has 1 atom stereocenters. The molecule has 21 heavy (non-hydrogen) atoms. The Bertz CT molecular complexity index is 678. The van der Waals surface area contributed by atoms with Crippen LogP contribution in [-0.2, 0) is 4.84 Å². The quantitative estimate of drug-likeness (QED) is 0.769. The van der Waals surface area contributed by atoms with Gasteiger partial charge >= 0.3 is 6.09 Å². The van der Waals surface area contributed by atoms with Gasteiger partial charge in [0.25, 0.3) is 0 Å². The minimum atomic E-state index is -0.447. The summed E-state index contributed by atoms with van der Waals surface area (Å²) < 4.78 is 0. The van der Waals surface area contributed by atoms with Gasteiger partial charge in [-0.05, 0) is 26.8 Å². The first-order valence-corrected chi connectivity index (χ1v) is 7.09. The molecule has 2 heterocycles. The molecule has 3 rings (SSSR count). The summed E-state index contributed by atoms with van der Waals surface area (Å²) in [5.74, 6) is 0. The molecule has 2 N–H and O–H groups in total. The number of hydrogen-bond acceptors (Lipinski definition) is 5. The Morgan fingerprint density at radius 1 is 1.43 bits per heavy atom. The maximum atomic E-state index is 12.0. The van der Waals surface area contributed by atoms with Gasteiger partial charge in [-0.1, -0.05) is 18.2 Å². The molecule has 1 aromatic rings. The topological polar surface area (TPSA) is 66.0 Å². The minimum Gasteiger partial charge on any atom is -0.320 e. The second-order valence-corrected chi connectivity index (χ2v) is 6.29. The number of amides is 1. The molecule has 1 aromatic carbocycles. The van der Waals surface area contributed by atoms with Crippen molar-refractivity contribution in [2.45, 2.75) is 32.4 Å². The van der Waals surface area contributed by atoms with E-state index >= 15 is 0 Å². The maximum Gasteiger partial charge on any atom is 0.432 e. The number of hydroxylamine groups is 2. The summed E-state index contributed by atoms with van der Waals surface area (Å²) in [5.41, 5.74) is 0.651. The Morgan fingerprint density at radius 2 is 2.19 bits per heavy atom. The Labute approximate surface area is 123 Å². The van der Waals surface area contributed by atoms with Gasteiger partial charge in [-0.15, -0.1) is 0 Å². The molecule has 1 saturated heterocycles. The molecule has 0 aromatic heterocycles. The minimum absolute atomic E-state index is 0.0994.